The second-order valence-electron chi connectivity index (χ2n) is 3.80. The van der Waals surface area contributed by atoms with Gasteiger partial charge in [-0.15, -0.1) is 11.6 Å². The van der Waals surface area contributed by atoms with Crippen molar-refractivity contribution in [3.8, 4) is 5.75 Å². The van der Waals surface area contributed by atoms with E-state index in [2.05, 4.69) is 5.32 Å². The minimum atomic E-state index is -0.555. The molecular weight excluding hydrogens is 285 g/mol. The minimum absolute atomic E-state index is 0.430. The molecule has 0 radical (unpaired) electrons. The molecule has 0 aliphatic heterocycles. The summed E-state index contributed by atoms with van der Waals surface area (Å²) in [7, 11) is 0. The van der Waals surface area contributed by atoms with Gasteiger partial charge in [0.05, 0.1) is 0 Å². The van der Waals surface area contributed by atoms with Crippen molar-refractivity contribution in [2.24, 2.45) is 0 Å². The zero-order valence-corrected chi connectivity index (χ0v) is 11.4. The van der Waals surface area contributed by atoms with Gasteiger partial charge in [0.2, 0.25) is 0 Å². The molecule has 0 fully saturated rings. The van der Waals surface area contributed by atoms with Crippen molar-refractivity contribution in [2.45, 2.75) is 5.88 Å². The Morgan fingerprint density at radius 1 is 1.05 bits per heavy atom. The van der Waals surface area contributed by atoms with Crippen LogP contribution in [-0.2, 0) is 5.88 Å². The van der Waals surface area contributed by atoms with E-state index in [9.17, 15) is 4.79 Å². The second kappa shape index (κ2) is 6.45. The van der Waals surface area contributed by atoms with E-state index in [0.717, 1.165) is 5.56 Å². The highest BCUT2D eigenvalue weighted by Gasteiger charge is 2.05. The monoisotopic (exact) mass is 295 g/mol. The van der Waals surface area contributed by atoms with E-state index in [-0.39, 0.29) is 0 Å². The van der Waals surface area contributed by atoms with Crippen LogP contribution >= 0.6 is 23.2 Å². The van der Waals surface area contributed by atoms with Crippen molar-refractivity contribution < 1.29 is 9.53 Å². The molecule has 98 valence electrons. The summed E-state index contributed by atoms with van der Waals surface area (Å²) in [6, 6.07) is 13.8. The zero-order valence-electron chi connectivity index (χ0n) is 9.90. The smallest absolute Gasteiger partial charge is 0.410 e. The predicted molar refractivity (Wildman–Crippen MR) is 77.1 cm³/mol. The largest absolute Gasteiger partial charge is 0.417 e. The molecule has 0 aromatic heterocycles. The molecule has 1 amide bonds. The number of hydrogen-bond donors (Lipinski definition) is 1. The number of hydrogen-bond acceptors (Lipinski definition) is 2. The van der Waals surface area contributed by atoms with Crippen LogP contribution in [0.25, 0.3) is 0 Å². The molecule has 0 bridgehead atoms. The fourth-order valence-electron chi connectivity index (χ4n) is 1.43. The molecule has 0 atom stereocenters. The Bertz CT molecular complexity index is 553. The molecule has 0 aliphatic rings. The first kappa shape index (κ1) is 13.7. The Kier molecular flexibility index (Phi) is 4.66. The third-order valence-electron chi connectivity index (χ3n) is 2.38. The van der Waals surface area contributed by atoms with Crippen molar-refractivity contribution >= 4 is 35.0 Å². The lowest BCUT2D eigenvalue weighted by atomic mass is 10.2. The van der Waals surface area contributed by atoms with Gasteiger partial charge in [0, 0.05) is 16.6 Å². The Hall–Kier alpha value is -1.71. The molecule has 0 saturated carbocycles. The van der Waals surface area contributed by atoms with Crippen LogP contribution in [0.4, 0.5) is 10.5 Å². The van der Waals surface area contributed by atoms with Crippen LogP contribution in [0, 0.1) is 0 Å². The molecule has 0 saturated heterocycles. The number of carbonyl (C=O) groups excluding carboxylic acids is 1. The van der Waals surface area contributed by atoms with E-state index < -0.39 is 6.09 Å². The summed E-state index contributed by atoms with van der Waals surface area (Å²) in [6.07, 6.45) is -0.555. The van der Waals surface area contributed by atoms with Crippen LogP contribution in [0.15, 0.2) is 48.5 Å². The summed E-state index contributed by atoms with van der Waals surface area (Å²) in [5, 5.41) is 3.21. The Labute approximate surface area is 121 Å². The second-order valence-corrected chi connectivity index (χ2v) is 4.50. The highest BCUT2D eigenvalue weighted by Crippen LogP contribution is 2.17. The molecule has 0 unspecified atom stereocenters. The summed E-state index contributed by atoms with van der Waals surface area (Å²) in [4.78, 5) is 11.6. The van der Waals surface area contributed by atoms with Crippen molar-refractivity contribution in [3.05, 3.63) is 59.1 Å². The quantitative estimate of drug-likeness (QED) is 0.834. The molecule has 1 N–H and O–H groups in total. The summed E-state index contributed by atoms with van der Waals surface area (Å²) in [5.74, 6) is 0.870. The molecule has 3 nitrogen and oxygen atoms in total. The number of halogens is 2. The summed E-state index contributed by atoms with van der Waals surface area (Å²) in [6.45, 7) is 0. The van der Waals surface area contributed by atoms with Gasteiger partial charge in [-0.2, -0.15) is 0 Å². The van der Waals surface area contributed by atoms with E-state index in [4.69, 9.17) is 27.9 Å². The van der Waals surface area contributed by atoms with Gasteiger partial charge in [-0.1, -0.05) is 23.7 Å². The zero-order chi connectivity index (χ0) is 13.7. The molecule has 0 heterocycles. The number of amides is 1. The summed E-state index contributed by atoms with van der Waals surface area (Å²) in [5.41, 5.74) is 1.63. The van der Waals surface area contributed by atoms with Gasteiger partial charge in [0.15, 0.2) is 0 Å². The average molecular weight is 296 g/mol. The highest BCUT2D eigenvalue weighted by atomic mass is 35.5. The molecule has 2 aromatic carbocycles. The highest BCUT2D eigenvalue weighted by molar-refractivity contribution is 6.30. The van der Waals surface area contributed by atoms with Gasteiger partial charge in [0.25, 0.3) is 0 Å². The van der Waals surface area contributed by atoms with E-state index in [1.165, 1.54) is 0 Å². The Balaban J connectivity index is 1.95. The Morgan fingerprint density at radius 3 is 2.26 bits per heavy atom. The van der Waals surface area contributed by atoms with Gasteiger partial charge in [-0.05, 0) is 42.0 Å². The molecule has 0 spiro atoms. The Morgan fingerprint density at radius 2 is 1.68 bits per heavy atom. The maximum absolute atomic E-state index is 11.6. The molecule has 19 heavy (non-hydrogen) atoms. The minimum Gasteiger partial charge on any atom is -0.410 e. The van der Waals surface area contributed by atoms with E-state index in [1.54, 1.807) is 36.4 Å². The number of alkyl halides is 1. The first-order chi connectivity index (χ1) is 9.17. The maximum atomic E-state index is 11.6. The van der Waals surface area contributed by atoms with Crippen molar-refractivity contribution in [3.63, 3.8) is 0 Å². The number of benzene rings is 2. The number of ether oxygens (including phenoxy) is 1. The summed E-state index contributed by atoms with van der Waals surface area (Å²) < 4.78 is 5.10. The first-order valence-electron chi connectivity index (χ1n) is 5.56. The fraction of sp³-hybridized carbons (Fsp3) is 0.0714. The number of anilines is 1. The van der Waals surface area contributed by atoms with Crippen LogP contribution in [0.1, 0.15) is 5.56 Å². The third-order valence-corrected chi connectivity index (χ3v) is 2.94. The van der Waals surface area contributed by atoms with Crippen LogP contribution in [0.2, 0.25) is 5.02 Å². The number of carbonyl (C=O) groups is 1. The standard InChI is InChI=1S/C14H11Cl2NO2/c15-9-10-1-5-12(6-2-10)17-14(18)19-13-7-3-11(16)4-8-13/h1-8H,9H2,(H,17,18). The topological polar surface area (TPSA) is 38.3 Å². The van der Waals surface area contributed by atoms with Crippen LogP contribution in [-0.4, -0.2) is 6.09 Å². The van der Waals surface area contributed by atoms with Gasteiger partial charge in [-0.3, -0.25) is 5.32 Å². The first-order valence-corrected chi connectivity index (χ1v) is 6.48. The van der Waals surface area contributed by atoms with Gasteiger partial charge >= 0.3 is 6.09 Å². The summed E-state index contributed by atoms with van der Waals surface area (Å²) >= 11 is 11.4. The lowest BCUT2D eigenvalue weighted by Crippen LogP contribution is -2.16. The van der Waals surface area contributed by atoms with Crippen LogP contribution in [0.5, 0.6) is 5.75 Å². The molecular formula is C14H11Cl2NO2. The van der Waals surface area contributed by atoms with Gasteiger partial charge < -0.3 is 4.74 Å². The van der Waals surface area contributed by atoms with E-state index in [0.29, 0.717) is 22.3 Å². The lowest BCUT2D eigenvalue weighted by molar-refractivity contribution is 0.215. The molecule has 2 aromatic rings. The van der Waals surface area contributed by atoms with Gasteiger partial charge in [0.1, 0.15) is 5.75 Å². The van der Waals surface area contributed by atoms with Crippen molar-refractivity contribution in [1.82, 2.24) is 0 Å². The molecule has 2 rings (SSSR count). The van der Waals surface area contributed by atoms with Crippen LogP contribution in [0.3, 0.4) is 0 Å². The maximum Gasteiger partial charge on any atom is 0.417 e. The van der Waals surface area contributed by atoms with Crippen molar-refractivity contribution in [2.75, 3.05) is 5.32 Å². The van der Waals surface area contributed by atoms with Crippen LogP contribution < -0.4 is 10.1 Å². The van der Waals surface area contributed by atoms with Gasteiger partial charge in [-0.25, -0.2) is 4.79 Å². The molecule has 5 heteroatoms. The lowest BCUT2D eigenvalue weighted by Gasteiger charge is -2.07. The molecule has 0 aliphatic carbocycles. The fourth-order valence-corrected chi connectivity index (χ4v) is 1.73. The number of nitrogens with one attached hydrogen (secondary N) is 1. The third kappa shape index (κ3) is 4.16. The van der Waals surface area contributed by atoms with E-state index in [1.807, 2.05) is 12.1 Å². The normalized spacial score (nSPS) is 10.0. The SMILES string of the molecule is O=C(Nc1ccc(CCl)cc1)Oc1ccc(Cl)cc1. The van der Waals surface area contributed by atoms with E-state index >= 15 is 0 Å². The predicted octanol–water partition coefficient (Wildman–Crippen LogP) is 4.69. The average Bonchev–Trinajstić information content (AvgIpc) is 2.42. The number of rotatable bonds is 3. The van der Waals surface area contributed by atoms with Crippen molar-refractivity contribution in [1.29, 1.82) is 0 Å².